The molecule has 0 fully saturated rings. The van der Waals surface area contributed by atoms with Gasteiger partial charge in [0.25, 0.3) is 0 Å². The van der Waals surface area contributed by atoms with Crippen LogP contribution >= 0.6 is 0 Å². The summed E-state index contributed by atoms with van der Waals surface area (Å²) in [5.74, 6) is 0.725. The quantitative estimate of drug-likeness (QED) is 0.638. The molecule has 0 spiro atoms. The molecule has 1 N–H and O–H groups in total. The molecule has 0 aliphatic rings. The van der Waals surface area contributed by atoms with Gasteiger partial charge in [0, 0.05) is 18.6 Å². The van der Waals surface area contributed by atoms with Gasteiger partial charge in [0.2, 0.25) is 0 Å². The lowest BCUT2D eigenvalue weighted by Crippen LogP contribution is -2.37. The Morgan fingerprint density at radius 3 is 2.40 bits per heavy atom. The molecule has 2 heteroatoms. The number of hydrogen-bond donors (Lipinski definition) is 1. The molecule has 0 aromatic carbocycles. The second-order valence-corrected chi connectivity index (χ2v) is 5.22. The molecule has 0 radical (unpaired) electrons. The Hall–Kier alpha value is -0.0800. The van der Waals surface area contributed by atoms with Crippen molar-refractivity contribution in [3.05, 3.63) is 0 Å². The lowest BCUT2D eigenvalue weighted by molar-refractivity contribution is 0.0545. The lowest BCUT2D eigenvalue weighted by atomic mass is 9.86. The minimum Gasteiger partial charge on any atom is -0.381 e. The van der Waals surface area contributed by atoms with E-state index in [2.05, 4.69) is 39.9 Å². The average Bonchev–Trinajstić information content (AvgIpc) is 2.15. The molecule has 0 rings (SSSR count). The molecule has 92 valence electrons. The molecule has 0 aliphatic carbocycles. The largest absolute Gasteiger partial charge is 0.381 e. The van der Waals surface area contributed by atoms with E-state index in [0.29, 0.717) is 5.41 Å². The van der Waals surface area contributed by atoms with Crippen LogP contribution in [0.5, 0.6) is 0 Å². The summed E-state index contributed by atoms with van der Waals surface area (Å²) in [6, 6.07) is 0. The van der Waals surface area contributed by atoms with Gasteiger partial charge in [-0.2, -0.15) is 0 Å². The van der Waals surface area contributed by atoms with Crippen molar-refractivity contribution < 1.29 is 4.74 Å². The molecule has 1 atom stereocenters. The number of nitrogens with one attached hydrogen (secondary N) is 1. The van der Waals surface area contributed by atoms with Crippen molar-refractivity contribution in [3.8, 4) is 0 Å². The highest BCUT2D eigenvalue weighted by molar-refractivity contribution is 4.76. The van der Waals surface area contributed by atoms with E-state index in [1.54, 1.807) is 0 Å². The molecule has 1 unspecified atom stereocenters. The van der Waals surface area contributed by atoms with Crippen LogP contribution < -0.4 is 5.32 Å². The van der Waals surface area contributed by atoms with Gasteiger partial charge in [0.15, 0.2) is 0 Å². The van der Waals surface area contributed by atoms with Gasteiger partial charge in [0.05, 0.1) is 6.61 Å². The van der Waals surface area contributed by atoms with Gasteiger partial charge in [-0.05, 0) is 25.8 Å². The summed E-state index contributed by atoms with van der Waals surface area (Å²) in [5.41, 5.74) is 0.305. The van der Waals surface area contributed by atoms with Crippen LogP contribution in [0.1, 0.15) is 47.5 Å². The summed E-state index contributed by atoms with van der Waals surface area (Å²) < 4.78 is 5.57. The van der Waals surface area contributed by atoms with E-state index in [-0.39, 0.29) is 0 Å². The third-order valence-corrected chi connectivity index (χ3v) is 2.61. The molecule has 0 saturated carbocycles. The third kappa shape index (κ3) is 7.80. The van der Waals surface area contributed by atoms with Gasteiger partial charge >= 0.3 is 0 Å². The second-order valence-electron chi connectivity index (χ2n) is 5.22. The van der Waals surface area contributed by atoms with Crippen LogP contribution in [-0.2, 0) is 4.74 Å². The molecule has 0 saturated heterocycles. The Morgan fingerprint density at radius 1 is 1.27 bits per heavy atom. The van der Waals surface area contributed by atoms with Crippen LogP contribution in [0, 0.1) is 11.3 Å². The van der Waals surface area contributed by atoms with Gasteiger partial charge in [-0.15, -0.1) is 0 Å². The zero-order chi connectivity index (χ0) is 11.7. The number of ether oxygens (including phenoxy) is 1. The Balaban J connectivity index is 3.89. The van der Waals surface area contributed by atoms with Crippen molar-refractivity contribution in [2.45, 2.75) is 47.5 Å². The fraction of sp³-hybridized carbons (Fsp3) is 1.00. The maximum absolute atomic E-state index is 5.57. The topological polar surface area (TPSA) is 21.3 Å². The van der Waals surface area contributed by atoms with E-state index in [1.165, 1.54) is 12.8 Å². The normalized spacial score (nSPS) is 15.6. The monoisotopic (exact) mass is 215 g/mol. The first-order valence-corrected chi connectivity index (χ1v) is 6.32. The number of hydrogen-bond acceptors (Lipinski definition) is 2. The molecule has 0 aliphatic heterocycles. The van der Waals surface area contributed by atoms with Crippen molar-refractivity contribution in [2.75, 3.05) is 26.3 Å². The lowest BCUT2D eigenvalue weighted by Gasteiger charge is -2.29. The van der Waals surface area contributed by atoms with Crippen molar-refractivity contribution >= 4 is 0 Å². The Kier molecular flexibility index (Phi) is 8.07. The standard InChI is InChI=1S/C13H29NO/c1-6-8-13(5,11-15-7-2)10-14-9-12(3)4/h12,14H,6-11H2,1-5H3. The Labute approximate surface area is 95.8 Å². The van der Waals surface area contributed by atoms with E-state index in [4.69, 9.17) is 4.74 Å². The average molecular weight is 215 g/mol. The second kappa shape index (κ2) is 8.12. The van der Waals surface area contributed by atoms with Gasteiger partial charge in [-0.1, -0.05) is 34.1 Å². The van der Waals surface area contributed by atoms with Gasteiger partial charge in [0.1, 0.15) is 0 Å². The molecule has 0 bridgehead atoms. The maximum atomic E-state index is 5.57. The fourth-order valence-electron chi connectivity index (χ4n) is 1.83. The summed E-state index contributed by atoms with van der Waals surface area (Å²) in [6.07, 6.45) is 2.46. The molecular weight excluding hydrogens is 186 g/mol. The van der Waals surface area contributed by atoms with Crippen LogP contribution in [0.2, 0.25) is 0 Å². The zero-order valence-electron chi connectivity index (χ0n) is 11.2. The Bertz CT molecular complexity index is 147. The highest BCUT2D eigenvalue weighted by Gasteiger charge is 2.22. The van der Waals surface area contributed by atoms with Gasteiger partial charge in [-0.3, -0.25) is 0 Å². The zero-order valence-corrected chi connectivity index (χ0v) is 11.2. The van der Waals surface area contributed by atoms with Crippen molar-refractivity contribution in [2.24, 2.45) is 11.3 Å². The SMILES string of the molecule is CCCC(C)(CNCC(C)C)COCC. The molecule has 0 heterocycles. The van der Waals surface area contributed by atoms with Crippen LogP contribution in [0.15, 0.2) is 0 Å². The van der Waals surface area contributed by atoms with Gasteiger partial charge in [-0.25, -0.2) is 0 Å². The molecule has 0 aromatic heterocycles. The summed E-state index contributed by atoms with van der Waals surface area (Å²) >= 11 is 0. The predicted molar refractivity (Wildman–Crippen MR) is 67.2 cm³/mol. The van der Waals surface area contributed by atoms with Gasteiger partial charge < -0.3 is 10.1 Å². The highest BCUT2D eigenvalue weighted by atomic mass is 16.5. The minimum absolute atomic E-state index is 0.305. The van der Waals surface area contributed by atoms with Crippen LogP contribution in [0.25, 0.3) is 0 Å². The molecule has 0 aromatic rings. The van der Waals surface area contributed by atoms with Crippen molar-refractivity contribution in [1.29, 1.82) is 0 Å². The maximum Gasteiger partial charge on any atom is 0.0531 e. The highest BCUT2D eigenvalue weighted by Crippen LogP contribution is 2.22. The first-order chi connectivity index (χ1) is 7.04. The van der Waals surface area contributed by atoms with E-state index in [0.717, 1.165) is 32.2 Å². The minimum atomic E-state index is 0.305. The molecule has 0 amide bonds. The summed E-state index contributed by atoms with van der Waals surface area (Å²) in [5, 5.41) is 3.54. The Morgan fingerprint density at radius 2 is 1.93 bits per heavy atom. The third-order valence-electron chi connectivity index (χ3n) is 2.61. The van der Waals surface area contributed by atoms with Crippen molar-refractivity contribution in [3.63, 3.8) is 0 Å². The summed E-state index contributed by atoms with van der Waals surface area (Å²) in [7, 11) is 0. The number of rotatable bonds is 9. The van der Waals surface area contributed by atoms with Crippen molar-refractivity contribution in [1.82, 2.24) is 5.32 Å². The summed E-state index contributed by atoms with van der Waals surface area (Å²) in [4.78, 5) is 0. The van der Waals surface area contributed by atoms with Crippen LogP contribution in [0.4, 0.5) is 0 Å². The summed E-state index contributed by atoms with van der Waals surface area (Å²) in [6.45, 7) is 15.0. The fourth-order valence-corrected chi connectivity index (χ4v) is 1.83. The first kappa shape index (κ1) is 14.9. The molecule has 2 nitrogen and oxygen atoms in total. The van der Waals surface area contributed by atoms with E-state index in [1.807, 2.05) is 0 Å². The smallest absolute Gasteiger partial charge is 0.0531 e. The van der Waals surface area contributed by atoms with E-state index in [9.17, 15) is 0 Å². The molecule has 15 heavy (non-hydrogen) atoms. The first-order valence-electron chi connectivity index (χ1n) is 6.32. The van der Waals surface area contributed by atoms with E-state index >= 15 is 0 Å². The van der Waals surface area contributed by atoms with E-state index < -0.39 is 0 Å². The molecular formula is C13H29NO. The predicted octanol–water partition coefficient (Wildman–Crippen LogP) is 3.07. The van der Waals surface area contributed by atoms with Crippen LogP contribution in [0.3, 0.4) is 0 Å². The van der Waals surface area contributed by atoms with Crippen LogP contribution in [-0.4, -0.2) is 26.3 Å².